The van der Waals surface area contributed by atoms with Crippen molar-refractivity contribution in [1.82, 2.24) is 5.32 Å². The highest BCUT2D eigenvalue weighted by Crippen LogP contribution is 2.07. The number of aryl methyl sites for hydroxylation is 1. The number of hydrogen-bond acceptors (Lipinski definition) is 2. The number of rotatable bonds is 7. The molecule has 0 aromatic heterocycles. The van der Waals surface area contributed by atoms with Gasteiger partial charge < -0.3 is 10.1 Å². The summed E-state index contributed by atoms with van der Waals surface area (Å²) in [6, 6.07) is 19.6. The second kappa shape index (κ2) is 8.00. The summed E-state index contributed by atoms with van der Waals surface area (Å²) in [7, 11) is 0. The Kier molecular flexibility index (Phi) is 5.65. The van der Waals surface area contributed by atoms with E-state index < -0.39 is 0 Å². The van der Waals surface area contributed by atoms with Crippen LogP contribution in [0.4, 0.5) is 0 Å². The molecule has 104 valence electrons. The van der Waals surface area contributed by atoms with Crippen LogP contribution in [0.15, 0.2) is 60.7 Å². The zero-order chi connectivity index (χ0) is 14.0. The summed E-state index contributed by atoms with van der Waals surface area (Å²) in [4.78, 5) is 11.7. The molecule has 1 amide bonds. The van der Waals surface area contributed by atoms with Crippen molar-refractivity contribution in [2.75, 3.05) is 13.2 Å². The van der Waals surface area contributed by atoms with Crippen molar-refractivity contribution >= 4 is 5.91 Å². The average Bonchev–Trinajstić information content (AvgIpc) is 2.52. The van der Waals surface area contributed by atoms with Gasteiger partial charge in [-0.1, -0.05) is 48.5 Å². The number of benzene rings is 2. The first-order chi connectivity index (χ1) is 9.84. The molecule has 0 aliphatic rings. The average molecular weight is 269 g/mol. The van der Waals surface area contributed by atoms with Gasteiger partial charge in [-0.3, -0.25) is 4.79 Å². The van der Waals surface area contributed by atoms with Crippen LogP contribution >= 0.6 is 0 Å². The number of amides is 1. The number of para-hydroxylation sites is 1. The van der Waals surface area contributed by atoms with Crippen molar-refractivity contribution < 1.29 is 9.53 Å². The molecule has 0 atom stereocenters. The lowest BCUT2D eigenvalue weighted by Gasteiger charge is -2.07. The van der Waals surface area contributed by atoms with E-state index in [0.29, 0.717) is 19.6 Å². The molecule has 0 spiro atoms. The van der Waals surface area contributed by atoms with Gasteiger partial charge in [0.2, 0.25) is 5.91 Å². The van der Waals surface area contributed by atoms with Gasteiger partial charge in [0.05, 0.1) is 6.54 Å². The van der Waals surface area contributed by atoms with E-state index in [1.54, 1.807) is 0 Å². The van der Waals surface area contributed by atoms with E-state index in [1.807, 2.05) is 60.7 Å². The van der Waals surface area contributed by atoms with Gasteiger partial charge in [0.25, 0.3) is 0 Å². The molecular formula is C17H19NO2. The van der Waals surface area contributed by atoms with Crippen LogP contribution in [0.2, 0.25) is 0 Å². The molecule has 20 heavy (non-hydrogen) atoms. The summed E-state index contributed by atoms with van der Waals surface area (Å²) in [5.74, 6) is 0.886. The van der Waals surface area contributed by atoms with Gasteiger partial charge >= 0.3 is 0 Å². The third-order valence-corrected chi connectivity index (χ3v) is 2.92. The fourth-order valence-corrected chi connectivity index (χ4v) is 1.87. The Bertz CT molecular complexity index is 511. The van der Waals surface area contributed by atoms with E-state index in [4.69, 9.17) is 4.74 Å². The van der Waals surface area contributed by atoms with Crippen LogP contribution in [0.1, 0.15) is 12.0 Å². The van der Waals surface area contributed by atoms with Crippen LogP contribution in [0.25, 0.3) is 0 Å². The van der Waals surface area contributed by atoms with Crippen molar-refractivity contribution in [3.63, 3.8) is 0 Å². The van der Waals surface area contributed by atoms with Gasteiger partial charge in [0, 0.05) is 6.42 Å². The van der Waals surface area contributed by atoms with E-state index in [0.717, 1.165) is 12.2 Å². The second-order valence-corrected chi connectivity index (χ2v) is 4.50. The molecule has 0 heterocycles. The molecule has 0 saturated carbocycles. The van der Waals surface area contributed by atoms with Gasteiger partial charge in [-0.25, -0.2) is 0 Å². The van der Waals surface area contributed by atoms with Crippen LogP contribution in [0.3, 0.4) is 0 Å². The molecule has 2 rings (SSSR count). The summed E-state index contributed by atoms with van der Waals surface area (Å²) < 4.78 is 5.50. The molecule has 1 N–H and O–H groups in total. The Labute approximate surface area is 119 Å². The zero-order valence-corrected chi connectivity index (χ0v) is 11.4. The van der Waals surface area contributed by atoms with Crippen LogP contribution in [-0.2, 0) is 11.2 Å². The Morgan fingerprint density at radius 1 is 0.950 bits per heavy atom. The summed E-state index contributed by atoms with van der Waals surface area (Å²) >= 11 is 0. The molecular weight excluding hydrogens is 250 g/mol. The number of ether oxygens (including phenoxy) is 1. The molecule has 0 aliphatic heterocycles. The summed E-state index contributed by atoms with van der Waals surface area (Å²) in [6.07, 6.45) is 1.28. The molecule has 2 aromatic rings. The Balaban J connectivity index is 1.59. The second-order valence-electron chi connectivity index (χ2n) is 4.50. The molecule has 0 unspecified atom stereocenters. The standard InChI is InChI=1S/C17H19NO2/c19-17(12-11-15-7-3-1-4-8-15)18-13-14-20-16-9-5-2-6-10-16/h1-10H,11-14H2,(H,18,19). The molecule has 0 saturated heterocycles. The van der Waals surface area contributed by atoms with E-state index in [1.165, 1.54) is 5.56 Å². The quantitative estimate of drug-likeness (QED) is 0.785. The Morgan fingerprint density at radius 3 is 2.30 bits per heavy atom. The number of nitrogens with one attached hydrogen (secondary N) is 1. The normalized spacial score (nSPS) is 10.0. The van der Waals surface area contributed by atoms with E-state index in [9.17, 15) is 4.79 Å². The summed E-state index contributed by atoms with van der Waals surface area (Å²) in [5.41, 5.74) is 1.18. The first-order valence-electron chi connectivity index (χ1n) is 6.83. The highest BCUT2D eigenvalue weighted by Gasteiger charge is 2.01. The van der Waals surface area contributed by atoms with Gasteiger partial charge in [-0.05, 0) is 24.1 Å². The maximum Gasteiger partial charge on any atom is 0.220 e. The number of carbonyl (C=O) groups is 1. The SMILES string of the molecule is O=C(CCc1ccccc1)NCCOc1ccccc1. The molecule has 3 nitrogen and oxygen atoms in total. The molecule has 0 aliphatic carbocycles. The van der Waals surface area contributed by atoms with Crippen molar-refractivity contribution in [1.29, 1.82) is 0 Å². The smallest absolute Gasteiger partial charge is 0.220 e. The molecule has 2 aromatic carbocycles. The lowest BCUT2D eigenvalue weighted by molar-refractivity contribution is -0.121. The lowest BCUT2D eigenvalue weighted by Crippen LogP contribution is -2.28. The molecule has 0 fully saturated rings. The molecule has 3 heteroatoms. The topological polar surface area (TPSA) is 38.3 Å². The van der Waals surface area contributed by atoms with Gasteiger partial charge in [-0.15, -0.1) is 0 Å². The van der Waals surface area contributed by atoms with Crippen molar-refractivity contribution in [2.24, 2.45) is 0 Å². The first-order valence-corrected chi connectivity index (χ1v) is 6.83. The molecule has 0 radical (unpaired) electrons. The Morgan fingerprint density at radius 2 is 1.60 bits per heavy atom. The first kappa shape index (κ1) is 14.1. The zero-order valence-electron chi connectivity index (χ0n) is 11.4. The third kappa shape index (κ3) is 5.14. The molecule has 0 bridgehead atoms. The number of carbonyl (C=O) groups excluding carboxylic acids is 1. The Hall–Kier alpha value is -2.29. The fourth-order valence-electron chi connectivity index (χ4n) is 1.87. The van der Waals surface area contributed by atoms with E-state index in [2.05, 4.69) is 5.32 Å². The van der Waals surface area contributed by atoms with Gasteiger partial charge in [0.15, 0.2) is 0 Å². The van der Waals surface area contributed by atoms with Crippen LogP contribution in [0.5, 0.6) is 5.75 Å². The minimum Gasteiger partial charge on any atom is -0.492 e. The van der Waals surface area contributed by atoms with E-state index in [-0.39, 0.29) is 5.91 Å². The van der Waals surface area contributed by atoms with Gasteiger partial charge in [0.1, 0.15) is 12.4 Å². The van der Waals surface area contributed by atoms with E-state index >= 15 is 0 Å². The maximum atomic E-state index is 11.7. The largest absolute Gasteiger partial charge is 0.492 e. The predicted molar refractivity (Wildman–Crippen MR) is 79.7 cm³/mol. The predicted octanol–water partition coefficient (Wildman–Crippen LogP) is 2.81. The number of hydrogen-bond donors (Lipinski definition) is 1. The van der Waals surface area contributed by atoms with Crippen molar-refractivity contribution in [2.45, 2.75) is 12.8 Å². The minimum atomic E-state index is 0.0607. The minimum absolute atomic E-state index is 0.0607. The monoisotopic (exact) mass is 269 g/mol. The third-order valence-electron chi connectivity index (χ3n) is 2.92. The van der Waals surface area contributed by atoms with Crippen molar-refractivity contribution in [3.8, 4) is 5.75 Å². The summed E-state index contributed by atoms with van der Waals surface area (Å²) in [5, 5.41) is 2.86. The van der Waals surface area contributed by atoms with Crippen LogP contribution in [0, 0.1) is 0 Å². The summed E-state index contributed by atoms with van der Waals surface area (Å²) in [6.45, 7) is 1.02. The van der Waals surface area contributed by atoms with Crippen molar-refractivity contribution in [3.05, 3.63) is 66.2 Å². The van der Waals surface area contributed by atoms with Crippen LogP contribution < -0.4 is 10.1 Å². The lowest BCUT2D eigenvalue weighted by atomic mass is 10.1. The fraction of sp³-hybridized carbons (Fsp3) is 0.235. The maximum absolute atomic E-state index is 11.7. The van der Waals surface area contributed by atoms with Crippen LogP contribution in [-0.4, -0.2) is 19.1 Å². The van der Waals surface area contributed by atoms with Gasteiger partial charge in [-0.2, -0.15) is 0 Å². The highest BCUT2D eigenvalue weighted by molar-refractivity contribution is 5.76. The highest BCUT2D eigenvalue weighted by atomic mass is 16.5.